The van der Waals surface area contributed by atoms with Crippen molar-refractivity contribution in [1.82, 2.24) is 15.0 Å². The first-order valence-electron chi connectivity index (χ1n) is 19.7. The summed E-state index contributed by atoms with van der Waals surface area (Å²) in [5.74, 6) is 0.433. The molecule has 4 N–H and O–H groups in total. The molecule has 3 aliphatic heterocycles. The number of aromatic nitrogens is 3. The van der Waals surface area contributed by atoms with Gasteiger partial charge in [0, 0.05) is 19.4 Å². The number of nitrogens with one attached hydrogen (secondary N) is 2. The fourth-order valence-corrected chi connectivity index (χ4v) is 10.6. The summed E-state index contributed by atoms with van der Waals surface area (Å²) in [7, 11) is -4.10. The van der Waals surface area contributed by atoms with Crippen LogP contribution >= 0.6 is 63.7 Å². The number of quaternary nitrogens is 1. The van der Waals surface area contributed by atoms with Crippen molar-refractivity contribution < 1.29 is 60.6 Å². The maximum Gasteiger partial charge on any atom is 0.324 e. The highest BCUT2D eigenvalue weighted by Gasteiger charge is 2.35. The van der Waals surface area contributed by atoms with E-state index in [9.17, 15) is 27.7 Å². The van der Waals surface area contributed by atoms with E-state index in [1.807, 2.05) is 4.90 Å². The van der Waals surface area contributed by atoms with E-state index >= 15 is 0 Å². The van der Waals surface area contributed by atoms with Crippen LogP contribution in [-0.4, -0.2) is 154 Å². The van der Waals surface area contributed by atoms with E-state index in [0.29, 0.717) is 114 Å². The Hall–Kier alpha value is -3.46. The second kappa shape index (κ2) is 22.2. The molecule has 0 bridgehead atoms. The van der Waals surface area contributed by atoms with Gasteiger partial charge in [0.1, 0.15) is 37.9 Å². The number of piperazine rings is 1. The number of rotatable bonds is 24. The van der Waals surface area contributed by atoms with Gasteiger partial charge in [-0.3, -0.25) is 14.1 Å². The molecule has 4 heterocycles. The summed E-state index contributed by atoms with van der Waals surface area (Å²) >= 11 is 13.9. The van der Waals surface area contributed by atoms with Crippen molar-refractivity contribution in [3.8, 4) is 23.5 Å². The van der Waals surface area contributed by atoms with Crippen molar-refractivity contribution in [2.24, 2.45) is 0 Å². The molecule has 0 unspecified atom stereocenters. The van der Waals surface area contributed by atoms with Gasteiger partial charge >= 0.3 is 12.0 Å². The SMILES string of the molecule is C=C1Nc2cc(Br)c(OCCOCCOCCOc3nc(OCCOc4c(Br)cc5c(c4Br)C(=O)C(=C)N5)nc(N4CC[N+](CCCO)(CCCS(=O)(=O)O)CC4)n3)c(Br)c2C1=O. The zero-order chi connectivity index (χ0) is 45.3. The van der Waals surface area contributed by atoms with Gasteiger partial charge in [-0.15, -0.1) is 4.98 Å². The van der Waals surface area contributed by atoms with Gasteiger partial charge in [0.25, 0.3) is 10.1 Å². The number of nitrogens with zero attached hydrogens (tertiary/aromatic N) is 5. The van der Waals surface area contributed by atoms with Gasteiger partial charge < -0.3 is 53.5 Å². The molecule has 0 radical (unpaired) electrons. The third kappa shape index (κ3) is 12.7. The fraction of sp³-hybridized carbons (Fsp3) is 0.462. The minimum Gasteiger partial charge on any atom is -0.489 e. The number of carbonyl (C=O) groups is 2. The summed E-state index contributed by atoms with van der Waals surface area (Å²) in [6.45, 7) is 12.4. The molecule has 24 heteroatoms. The summed E-state index contributed by atoms with van der Waals surface area (Å²) < 4.78 is 70.0. The molecule has 1 fully saturated rings. The van der Waals surface area contributed by atoms with Gasteiger partial charge in [0.15, 0.2) is 0 Å². The number of ether oxygens (including phenoxy) is 6. The van der Waals surface area contributed by atoms with Gasteiger partial charge in [-0.2, -0.15) is 18.4 Å². The number of aliphatic hydroxyl groups is 1. The second-order valence-corrected chi connectivity index (χ2v) is 19.3. The summed E-state index contributed by atoms with van der Waals surface area (Å²) in [4.78, 5) is 40.5. The van der Waals surface area contributed by atoms with E-state index in [0.717, 1.165) is 0 Å². The van der Waals surface area contributed by atoms with E-state index in [2.05, 4.69) is 102 Å². The molecule has 3 aliphatic rings. The monoisotopic (exact) mass is 1150 g/mol. The number of benzene rings is 2. The zero-order valence-corrected chi connectivity index (χ0v) is 41.1. The molecule has 0 amide bonds. The van der Waals surface area contributed by atoms with E-state index in [4.69, 9.17) is 28.4 Å². The highest BCUT2D eigenvalue weighted by atomic mass is 79.9. The van der Waals surface area contributed by atoms with Crippen LogP contribution in [-0.2, 0) is 19.6 Å². The molecule has 0 aliphatic carbocycles. The van der Waals surface area contributed by atoms with Crippen molar-refractivity contribution >= 4 is 103 Å². The number of fused-ring (bicyclic) bond motifs is 2. The first-order valence-corrected chi connectivity index (χ1v) is 24.5. The van der Waals surface area contributed by atoms with Gasteiger partial charge in [-0.25, -0.2) is 0 Å². The number of ketones is 2. The van der Waals surface area contributed by atoms with Crippen LogP contribution in [0.4, 0.5) is 17.3 Å². The number of aliphatic hydroxyl groups excluding tert-OH is 1. The molecule has 1 aromatic heterocycles. The Kier molecular flexibility index (Phi) is 17.2. The van der Waals surface area contributed by atoms with Crippen LogP contribution in [0.1, 0.15) is 33.6 Å². The molecule has 0 saturated carbocycles. The second-order valence-electron chi connectivity index (χ2n) is 14.5. The van der Waals surface area contributed by atoms with Crippen molar-refractivity contribution in [3.63, 3.8) is 0 Å². The third-order valence-electron chi connectivity index (χ3n) is 10.2. The Morgan fingerprint density at radius 3 is 1.63 bits per heavy atom. The maximum atomic E-state index is 12.6. The Labute approximate surface area is 397 Å². The van der Waals surface area contributed by atoms with Crippen LogP contribution in [0.2, 0.25) is 0 Å². The van der Waals surface area contributed by atoms with Crippen molar-refractivity contribution in [1.29, 1.82) is 0 Å². The Morgan fingerprint density at radius 1 is 0.698 bits per heavy atom. The number of halogens is 4. The lowest BCUT2D eigenvalue weighted by Crippen LogP contribution is -2.61. The van der Waals surface area contributed by atoms with Gasteiger partial charge in [-0.05, 0) is 75.9 Å². The number of hydrogen-bond acceptors (Lipinski definition) is 17. The van der Waals surface area contributed by atoms with Crippen molar-refractivity contribution in [3.05, 3.63) is 65.7 Å². The molecular weight excluding hydrogens is 1110 g/mol. The summed E-state index contributed by atoms with van der Waals surface area (Å²) in [6, 6.07) is 3.50. The predicted molar refractivity (Wildman–Crippen MR) is 246 cm³/mol. The van der Waals surface area contributed by atoms with E-state index in [-0.39, 0.29) is 101 Å². The topological polar surface area (TPSA) is 230 Å². The molecule has 2 aromatic carbocycles. The Morgan fingerprint density at radius 2 is 1.14 bits per heavy atom. The lowest BCUT2D eigenvalue weighted by molar-refractivity contribution is -0.928. The predicted octanol–water partition coefficient (Wildman–Crippen LogP) is 5.41. The molecule has 1 saturated heterocycles. The standard InChI is InChI=1S/C39H45Br4N7O12S/c1-23-33(52)29-27(44-23)21-25(40)35(31(29)42)59-16-14-57-12-13-58-15-17-61-38-46-37(49-5-9-50(10-6-49,7-3-11-51)8-4-20-63(54,55)56)47-39(48-38)62-19-18-60-36-26(41)22-28-30(32(36)43)34(53)24(2)45-28/h21-22,51H,1-20H2,(H2-,44,45,52,53,54,55,56)/p+1. The molecule has 63 heavy (non-hydrogen) atoms. The van der Waals surface area contributed by atoms with Crippen molar-refractivity contribution in [2.45, 2.75) is 12.8 Å². The Balaban J connectivity index is 1.01. The first kappa shape index (κ1) is 49.0. The molecule has 19 nitrogen and oxygen atoms in total. The van der Waals surface area contributed by atoms with Crippen LogP contribution in [0, 0.1) is 0 Å². The molecule has 342 valence electrons. The molecule has 3 aromatic rings. The molecule has 6 rings (SSSR count). The quantitative estimate of drug-likeness (QED) is 0.0380. The number of allylic oxidation sites excluding steroid dienone is 2. The average molecular weight is 1160 g/mol. The number of Topliss-reactive ketones (excluding diaryl/α,β-unsaturated/α-hetero) is 2. The lowest BCUT2D eigenvalue weighted by atomic mass is 10.1. The fourth-order valence-electron chi connectivity index (χ4n) is 7.08. The smallest absolute Gasteiger partial charge is 0.324 e. The van der Waals surface area contributed by atoms with Crippen LogP contribution < -0.4 is 34.5 Å². The Bertz CT molecular complexity index is 2330. The third-order valence-corrected chi connectivity index (χ3v) is 13.7. The highest BCUT2D eigenvalue weighted by Crippen LogP contribution is 2.45. The molecule has 0 spiro atoms. The van der Waals surface area contributed by atoms with Crippen LogP contribution in [0.3, 0.4) is 0 Å². The van der Waals surface area contributed by atoms with Crippen molar-refractivity contribution in [2.75, 3.05) is 120 Å². The van der Waals surface area contributed by atoms with Crippen LogP contribution in [0.5, 0.6) is 23.5 Å². The van der Waals surface area contributed by atoms with Gasteiger partial charge in [-0.1, -0.05) is 13.2 Å². The number of carbonyl (C=O) groups excluding carboxylic acids is 2. The molecular formula is C39H46Br4N7O12S+. The minimum absolute atomic E-state index is 0.00503. The first-order chi connectivity index (χ1) is 30.1. The summed E-state index contributed by atoms with van der Waals surface area (Å²) in [6.07, 6.45) is 0.828. The van der Waals surface area contributed by atoms with Gasteiger partial charge in [0.2, 0.25) is 17.5 Å². The minimum atomic E-state index is -4.10. The van der Waals surface area contributed by atoms with E-state index in [1.54, 1.807) is 12.1 Å². The summed E-state index contributed by atoms with van der Waals surface area (Å²) in [5, 5.41) is 15.5. The summed E-state index contributed by atoms with van der Waals surface area (Å²) in [5.41, 5.74) is 2.70. The van der Waals surface area contributed by atoms with Gasteiger partial charge in [0.05, 0.1) is 123 Å². The number of hydrogen-bond donors (Lipinski definition) is 4. The highest BCUT2D eigenvalue weighted by molar-refractivity contribution is 9.11. The average Bonchev–Trinajstić information content (AvgIpc) is 3.68. The van der Waals surface area contributed by atoms with Crippen LogP contribution in [0.25, 0.3) is 0 Å². The largest absolute Gasteiger partial charge is 0.489 e. The number of anilines is 3. The van der Waals surface area contributed by atoms with E-state index < -0.39 is 10.1 Å². The van der Waals surface area contributed by atoms with E-state index in [1.165, 1.54) is 0 Å². The van der Waals surface area contributed by atoms with Crippen LogP contribution in [0.15, 0.2) is 54.6 Å². The molecule has 0 atom stereocenters. The maximum absolute atomic E-state index is 12.6. The normalized spacial score (nSPS) is 15.6. The lowest BCUT2D eigenvalue weighted by Gasteiger charge is -2.45. The zero-order valence-electron chi connectivity index (χ0n) is 33.9.